The Morgan fingerprint density at radius 3 is 2.52 bits per heavy atom. The van der Waals surface area contributed by atoms with Gasteiger partial charge in [-0.1, -0.05) is 12.1 Å². The van der Waals surface area contributed by atoms with Crippen LogP contribution in [0.1, 0.15) is 10.5 Å². The van der Waals surface area contributed by atoms with Crippen LogP contribution in [0.25, 0.3) is 0 Å². The minimum atomic E-state index is -0.383. The van der Waals surface area contributed by atoms with E-state index in [1.807, 2.05) is 4.90 Å². The third kappa shape index (κ3) is 3.10. The molecule has 1 aliphatic rings. The predicted octanol–water partition coefficient (Wildman–Crippen LogP) is 1.35. The molecule has 1 amide bonds. The minimum absolute atomic E-state index is 0.0844. The number of nitro benzene ring substituents is 1. The number of hydrogen-bond donors (Lipinski definition) is 0. The second kappa shape index (κ2) is 6.39. The van der Waals surface area contributed by atoms with E-state index in [1.54, 1.807) is 23.1 Å². The zero-order valence-corrected chi connectivity index (χ0v) is 12.3. The van der Waals surface area contributed by atoms with Gasteiger partial charge in [-0.25, -0.2) is 4.98 Å². The molecule has 2 heterocycles. The van der Waals surface area contributed by atoms with E-state index in [1.165, 1.54) is 24.7 Å². The molecule has 23 heavy (non-hydrogen) atoms. The van der Waals surface area contributed by atoms with Crippen molar-refractivity contribution in [2.45, 2.75) is 0 Å². The van der Waals surface area contributed by atoms with Gasteiger partial charge in [0, 0.05) is 44.6 Å². The molecule has 0 aliphatic carbocycles. The molecule has 0 N–H and O–H groups in total. The molecule has 3 rings (SSSR count). The van der Waals surface area contributed by atoms with E-state index >= 15 is 0 Å². The minimum Gasteiger partial charge on any atom is -0.362 e. The number of benzene rings is 1. The summed E-state index contributed by atoms with van der Waals surface area (Å²) in [6, 6.07) is 6.65. The van der Waals surface area contributed by atoms with Crippen LogP contribution in [0.2, 0.25) is 0 Å². The third-order valence-corrected chi connectivity index (χ3v) is 3.77. The van der Waals surface area contributed by atoms with Gasteiger partial charge in [-0.15, -0.1) is 0 Å². The molecule has 118 valence electrons. The zero-order valence-electron chi connectivity index (χ0n) is 12.3. The van der Waals surface area contributed by atoms with Crippen molar-refractivity contribution in [1.29, 1.82) is 0 Å². The van der Waals surface area contributed by atoms with E-state index < -0.39 is 0 Å². The van der Waals surface area contributed by atoms with E-state index in [9.17, 15) is 14.9 Å². The molecule has 2 aromatic rings. The molecule has 1 aromatic heterocycles. The van der Waals surface area contributed by atoms with Crippen LogP contribution in [0.4, 0.5) is 11.4 Å². The number of piperazine rings is 1. The monoisotopic (exact) mass is 313 g/mol. The van der Waals surface area contributed by atoms with Gasteiger partial charge in [0.05, 0.1) is 11.1 Å². The van der Waals surface area contributed by atoms with Crippen molar-refractivity contribution in [2.24, 2.45) is 0 Å². The summed E-state index contributed by atoms with van der Waals surface area (Å²) in [5, 5.41) is 11.1. The van der Waals surface area contributed by atoms with Gasteiger partial charge < -0.3 is 9.80 Å². The molecule has 0 spiro atoms. The number of para-hydroxylation sites is 2. The standard InChI is InChI=1S/C15H15N5O3/c21-15(12-11-16-5-6-17-12)19-9-7-18(8-10-19)13-3-1-2-4-14(13)20(22)23/h1-6,11H,7-10H2. The smallest absolute Gasteiger partial charge is 0.292 e. The number of nitro groups is 1. The van der Waals surface area contributed by atoms with Crippen molar-refractivity contribution in [3.05, 3.63) is 58.7 Å². The topological polar surface area (TPSA) is 92.5 Å². The lowest BCUT2D eigenvalue weighted by molar-refractivity contribution is -0.384. The molecule has 1 saturated heterocycles. The summed E-state index contributed by atoms with van der Waals surface area (Å²) in [6.45, 7) is 2.05. The molecule has 0 saturated carbocycles. The van der Waals surface area contributed by atoms with Gasteiger partial charge in [0.2, 0.25) is 0 Å². The number of carbonyl (C=O) groups is 1. The Morgan fingerprint density at radius 1 is 1.13 bits per heavy atom. The van der Waals surface area contributed by atoms with Gasteiger partial charge in [-0.2, -0.15) is 0 Å². The predicted molar refractivity (Wildman–Crippen MR) is 83.2 cm³/mol. The molecule has 0 bridgehead atoms. The van der Waals surface area contributed by atoms with Gasteiger partial charge in [0.15, 0.2) is 0 Å². The van der Waals surface area contributed by atoms with E-state index in [0.717, 1.165) is 0 Å². The highest BCUT2D eigenvalue weighted by atomic mass is 16.6. The Bertz CT molecular complexity index is 714. The molecule has 1 aliphatic heterocycles. The highest BCUT2D eigenvalue weighted by Gasteiger charge is 2.26. The van der Waals surface area contributed by atoms with E-state index in [-0.39, 0.29) is 16.5 Å². The first-order valence-corrected chi connectivity index (χ1v) is 7.20. The molecule has 1 fully saturated rings. The van der Waals surface area contributed by atoms with Gasteiger partial charge in [0.1, 0.15) is 11.4 Å². The van der Waals surface area contributed by atoms with Crippen molar-refractivity contribution >= 4 is 17.3 Å². The fourth-order valence-electron chi connectivity index (χ4n) is 2.61. The lowest BCUT2D eigenvalue weighted by atomic mass is 10.2. The molecular weight excluding hydrogens is 298 g/mol. The number of rotatable bonds is 3. The van der Waals surface area contributed by atoms with Crippen LogP contribution in [0, 0.1) is 10.1 Å². The maximum Gasteiger partial charge on any atom is 0.292 e. The number of aromatic nitrogens is 2. The quantitative estimate of drug-likeness (QED) is 0.627. The van der Waals surface area contributed by atoms with Crippen LogP contribution in [-0.2, 0) is 0 Å². The highest BCUT2D eigenvalue weighted by molar-refractivity contribution is 5.92. The average molecular weight is 313 g/mol. The van der Waals surface area contributed by atoms with E-state index in [0.29, 0.717) is 37.6 Å². The van der Waals surface area contributed by atoms with E-state index in [4.69, 9.17) is 0 Å². The number of anilines is 1. The maximum atomic E-state index is 12.3. The van der Waals surface area contributed by atoms with Crippen LogP contribution in [-0.4, -0.2) is 51.9 Å². The number of nitrogens with zero attached hydrogens (tertiary/aromatic N) is 5. The first kappa shape index (κ1) is 14.9. The van der Waals surface area contributed by atoms with Crippen molar-refractivity contribution in [3.8, 4) is 0 Å². The van der Waals surface area contributed by atoms with Crippen LogP contribution in [0.5, 0.6) is 0 Å². The number of amides is 1. The summed E-state index contributed by atoms with van der Waals surface area (Å²) in [7, 11) is 0. The summed E-state index contributed by atoms with van der Waals surface area (Å²) < 4.78 is 0. The van der Waals surface area contributed by atoms with Crippen LogP contribution < -0.4 is 4.90 Å². The van der Waals surface area contributed by atoms with Crippen molar-refractivity contribution in [1.82, 2.24) is 14.9 Å². The fourth-order valence-corrected chi connectivity index (χ4v) is 2.61. The Labute approximate surface area is 132 Å². The second-order valence-corrected chi connectivity index (χ2v) is 5.12. The summed E-state index contributed by atoms with van der Waals surface area (Å²) in [6.07, 6.45) is 4.44. The first-order valence-electron chi connectivity index (χ1n) is 7.20. The summed E-state index contributed by atoms with van der Waals surface area (Å²) in [5.74, 6) is -0.166. The van der Waals surface area contributed by atoms with Crippen LogP contribution in [0.15, 0.2) is 42.9 Å². The number of hydrogen-bond acceptors (Lipinski definition) is 6. The molecule has 8 nitrogen and oxygen atoms in total. The largest absolute Gasteiger partial charge is 0.362 e. The Morgan fingerprint density at radius 2 is 1.87 bits per heavy atom. The van der Waals surface area contributed by atoms with Crippen molar-refractivity contribution < 1.29 is 9.72 Å². The Balaban J connectivity index is 1.70. The third-order valence-electron chi connectivity index (χ3n) is 3.77. The normalized spacial score (nSPS) is 14.6. The van der Waals surface area contributed by atoms with Crippen LogP contribution >= 0.6 is 0 Å². The zero-order chi connectivity index (χ0) is 16.2. The van der Waals surface area contributed by atoms with Crippen LogP contribution in [0.3, 0.4) is 0 Å². The van der Waals surface area contributed by atoms with Crippen molar-refractivity contribution in [3.63, 3.8) is 0 Å². The van der Waals surface area contributed by atoms with E-state index in [2.05, 4.69) is 9.97 Å². The second-order valence-electron chi connectivity index (χ2n) is 5.12. The summed E-state index contributed by atoms with van der Waals surface area (Å²) >= 11 is 0. The fraction of sp³-hybridized carbons (Fsp3) is 0.267. The summed E-state index contributed by atoms with van der Waals surface area (Å²) in [5.41, 5.74) is 0.983. The maximum absolute atomic E-state index is 12.3. The summed E-state index contributed by atoms with van der Waals surface area (Å²) in [4.78, 5) is 34.6. The van der Waals surface area contributed by atoms with Gasteiger partial charge in [-0.3, -0.25) is 19.9 Å². The highest BCUT2D eigenvalue weighted by Crippen LogP contribution is 2.28. The molecular formula is C15H15N5O3. The first-order chi connectivity index (χ1) is 11.2. The molecule has 0 radical (unpaired) electrons. The Hall–Kier alpha value is -3.03. The molecule has 0 unspecified atom stereocenters. The number of carbonyl (C=O) groups excluding carboxylic acids is 1. The van der Waals surface area contributed by atoms with Gasteiger partial charge in [0.25, 0.3) is 11.6 Å². The van der Waals surface area contributed by atoms with Gasteiger partial charge >= 0.3 is 0 Å². The van der Waals surface area contributed by atoms with Gasteiger partial charge in [-0.05, 0) is 6.07 Å². The van der Waals surface area contributed by atoms with Crippen molar-refractivity contribution in [2.75, 3.05) is 31.1 Å². The lowest BCUT2D eigenvalue weighted by Gasteiger charge is -2.35. The molecule has 8 heteroatoms. The Kier molecular flexibility index (Phi) is 4.13. The lowest BCUT2D eigenvalue weighted by Crippen LogP contribution is -2.49. The average Bonchev–Trinajstić information content (AvgIpc) is 2.62. The molecule has 0 atom stereocenters. The SMILES string of the molecule is O=C(c1cnccn1)N1CCN(c2ccccc2[N+](=O)[O-])CC1. The molecule has 1 aromatic carbocycles.